The van der Waals surface area contributed by atoms with Crippen molar-refractivity contribution < 1.29 is 19.5 Å². The van der Waals surface area contributed by atoms with Crippen LogP contribution in [0.5, 0.6) is 0 Å². The van der Waals surface area contributed by atoms with Crippen LogP contribution in [-0.2, 0) is 16.0 Å². The average molecular weight is 467 g/mol. The summed E-state index contributed by atoms with van der Waals surface area (Å²) in [6.07, 6.45) is 7.13. The monoisotopic (exact) mass is 466 g/mol. The topological polar surface area (TPSA) is 96.4 Å². The van der Waals surface area contributed by atoms with Crippen molar-refractivity contribution in [1.29, 1.82) is 0 Å². The number of aromatic carboxylic acids is 1. The fraction of sp³-hybridized carbons (Fsp3) is 0.538. The number of hydrogen-bond donors (Lipinski definition) is 2. The molecule has 0 radical (unpaired) electrons. The highest BCUT2D eigenvalue weighted by Gasteiger charge is 2.58. The van der Waals surface area contributed by atoms with Crippen molar-refractivity contribution in [1.82, 2.24) is 4.98 Å². The van der Waals surface area contributed by atoms with Gasteiger partial charge >= 0.3 is 5.97 Å². The Morgan fingerprint density at radius 3 is 2.85 bits per heavy atom. The van der Waals surface area contributed by atoms with Gasteiger partial charge in [0.15, 0.2) is 5.13 Å². The average Bonchev–Trinajstić information content (AvgIpc) is 3.31. The van der Waals surface area contributed by atoms with Crippen LogP contribution in [0.15, 0.2) is 24.4 Å². The van der Waals surface area contributed by atoms with Crippen LogP contribution in [0, 0.1) is 30.1 Å². The Labute approximate surface area is 197 Å². The van der Waals surface area contributed by atoms with Gasteiger partial charge in [0.25, 0.3) is 0 Å². The van der Waals surface area contributed by atoms with E-state index in [2.05, 4.69) is 17.2 Å². The van der Waals surface area contributed by atoms with Gasteiger partial charge in [-0.2, -0.15) is 0 Å². The van der Waals surface area contributed by atoms with E-state index in [1.807, 2.05) is 19.1 Å². The summed E-state index contributed by atoms with van der Waals surface area (Å²) in [4.78, 5) is 42.4. The first kappa shape index (κ1) is 22.3. The molecule has 1 amide bonds. The fourth-order valence-electron chi connectivity index (χ4n) is 6.95. The van der Waals surface area contributed by atoms with Gasteiger partial charge in [-0.1, -0.05) is 13.0 Å². The molecule has 1 aromatic carbocycles. The van der Waals surface area contributed by atoms with E-state index in [0.29, 0.717) is 41.2 Å². The molecule has 0 spiro atoms. The number of ketones is 1. The lowest BCUT2D eigenvalue weighted by Crippen LogP contribution is -2.44. The predicted molar refractivity (Wildman–Crippen MR) is 127 cm³/mol. The van der Waals surface area contributed by atoms with Gasteiger partial charge in [-0.25, -0.2) is 9.78 Å². The highest BCUT2D eigenvalue weighted by Crippen LogP contribution is 2.62. The Hall–Kier alpha value is -2.54. The minimum atomic E-state index is -0.885. The normalized spacial score (nSPS) is 30.3. The number of thiazole rings is 1. The number of aryl methyl sites for hydroxylation is 2. The Balaban J connectivity index is 1.34. The third-order valence-electron chi connectivity index (χ3n) is 8.43. The maximum absolute atomic E-state index is 13.1. The number of hydrogen-bond acceptors (Lipinski definition) is 5. The highest BCUT2D eigenvalue weighted by molar-refractivity contribution is 7.15. The van der Waals surface area contributed by atoms with Crippen molar-refractivity contribution in [3.05, 3.63) is 46.0 Å². The summed E-state index contributed by atoms with van der Waals surface area (Å²) < 4.78 is 0. The van der Waals surface area contributed by atoms with E-state index in [9.17, 15) is 19.5 Å². The summed E-state index contributed by atoms with van der Waals surface area (Å²) in [5.41, 5.74) is 2.47. The molecule has 174 valence electrons. The van der Waals surface area contributed by atoms with Crippen molar-refractivity contribution in [2.75, 3.05) is 5.32 Å². The molecule has 2 N–H and O–H groups in total. The molecule has 0 unspecified atom stereocenters. The summed E-state index contributed by atoms with van der Waals surface area (Å²) in [5.74, 6) is 0.726. The van der Waals surface area contributed by atoms with Crippen LogP contribution < -0.4 is 5.32 Å². The van der Waals surface area contributed by atoms with E-state index >= 15 is 0 Å². The third kappa shape index (κ3) is 3.90. The predicted octanol–water partition coefficient (Wildman–Crippen LogP) is 5.22. The number of anilines is 1. The Kier molecular flexibility index (Phi) is 5.63. The van der Waals surface area contributed by atoms with Gasteiger partial charge in [0.1, 0.15) is 5.78 Å². The number of aromatic nitrogens is 1. The minimum Gasteiger partial charge on any atom is -0.478 e. The van der Waals surface area contributed by atoms with Gasteiger partial charge in [0, 0.05) is 29.3 Å². The first-order valence-electron chi connectivity index (χ1n) is 11.9. The maximum Gasteiger partial charge on any atom is 0.335 e. The number of carboxylic acids is 1. The zero-order valence-electron chi connectivity index (χ0n) is 19.1. The van der Waals surface area contributed by atoms with Crippen molar-refractivity contribution in [3.63, 3.8) is 0 Å². The number of amides is 1. The molecule has 3 aliphatic rings. The van der Waals surface area contributed by atoms with E-state index in [1.165, 1.54) is 16.9 Å². The number of carboxylic acid groups (broad SMARTS) is 1. The molecule has 5 rings (SSSR count). The summed E-state index contributed by atoms with van der Waals surface area (Å²) >= 11 is 1.47. The first-order chi connectivity index (χ1) is 15.8. The molecule has 0 aliphatic heterocycles. The summed E-state index contributed by atoms with van der Waals surface area (Å²) in [6.45, 7) is 4.11. The SMILES string of the molecule is Cc1cnc(NC(=O)CC[C@@H]2CC(=O)[C@@]3(C)CC[C@@H]4c5ccc(C(=O)O)cc5CC[C@H]4[C@H]23)s1. The van der Waals surface area contributed by atoms with E-state index in [1.54, 1.807) is 12.3 Å². The molecule has 5 atom stereocenters. The quantitative estimate of drug-likeness (QED) is 0.630. The van der Waals surface area contributed by atoms with Crippen LogP contribution in [0.4, 0.5) is 5.13 Å². The molecule has 1 heterocycles. The minimum absolute atomic E-state index is 0.0343. The molecular formula is C26H30N2O4S. The van der Waals surface area contributed by atoms with Crippen molar-refractivity contribution in [2.45, 2.75) is 64.7 Å². The van der Waals surface area contributed by atoms with Crippen molar-refractivity contribution >= 4 is 34.1 Å². The number of benzene rings is 1. The Morgan fingerprint density at radius 2 is 2.12 bits per heavy atom. The van der Waals surface area contributed by atoms with Crippen LogP contribution in [0.2, 0.25) is 0 Å². The van der Waals surface area contributed by atoms with Crippen molar-refractivity contribution in [3.8, 4) is 0 Å². The molecule has 1 aromatic heterocycles. The number of rotatable bonds is 5. The van der Waals surface area contributed by atoms with E-state index in [-0.39, 0.29) is 23.2 Å². The second-order valence-corrected chi connectivity index (χ2v) is 11.5. The first-order valence-corrected chi connectivity index (χ1v) is 12.7. The number of fused-ring (bicyclic) bond motifs is 5. The van der Waals surface area contributed by atoms with Gasteiger partial charge in [-0.3, -0.25) is 9.59 Å². The Bertz CT molecular complexity index is 1130. The van der Waals surface area contributed by atoms with Crippen LogP contribution in [0.25, 0.3) is 0 Å². The summed E-state index contributed by atoms with van der Waals surface area (Å²) in [6, 6.07) is 5.57. The van der Waals surface area contributed by atoms with Gasteiger partial charge in [0.2, 0.25) is 5.91 Å². The number of carbonyl (C=O) groups is 3. The summed E-state index contributed by atoms with van der Waals surface area (Å²) in [7, 11) is 0. The standard InChI is InChI=1S/C26H30N2O4S/c1-14-13-27-25(33-14)28-22(30)8-5-16-12-21(29)26(2)10-9-19-18-6-4-17(24(31)32)11-15(18)3-7-20(19)23(16)26/h4,6,11,13,16,19-20,23H,3,5,7-10,12H2,1-2H3,(H,31,32)(H,27,28,30)/t16-,19-,20-,23+,26-/m1/s1. The van der Waals surface area contributed by atoms with Crippen LogP contribution in [0.3, 0.4) is 0 Å². The number of nitrogens with zero attached hydrogens (tertiary/aromatic N) is 1. The molecule has 3 aliphatic carbocycles. The van der Waals surface area contributed by atoms with Crippen LogP contribution >= 0.6 is 11.3 Å². The second-order valence-electron chi connectivity index (χ2n) is 10.3. The lowest BCUT2D eigenvalue weighted by atomic mass is 9.54. The van der Waals surface area contributed by atoms with Gasteiger partial charge < -0.3 is 10.4 Å². The molecule has 6 nitrogen and oxygen atoms in total. The second kappa shape index (κ2) is 8.35. The molecule has 2 saturated carbocycles. The van der Waals surface area contributed by atoms with E-state index in [0.717, 1.165) is 42.5 Å². The lowest BCUT2D eigenvalue weighted by Gasteiger charge is -2.50. The lowest BCUT2D eigenvalue weighted by molar-refractivity contribution is -0.129. The third-order valence-corrected chi connectivity index (χ3v) is 9.26. The molecule has 0 bridgehead atoms. The number of Topliss-reactive ketones (excluding diaryl/α,β-unsaturated/α-hetero) is 1. The fourth-order valence-corrected chi connectivity index (χ4v) is 7.63. The van der Waals surface area contributed by atoms with E-state index < -0.39 is 5.97 Å². The van der Waals surface area contributed by atoms with E-state index in [4.69, 9.17) is 0 Å². The zero-order chi connectivity index (χ0) is 23.3. The largest absolute Gasteiger partial charge is 0.478 e. The molecule has 2 aromatic rings. The molecular weight excluding hydrogens is 436 g/mol. The molecule has 33 heavy (non-hydrogen) atoms. The summed E-state index contributed by atoms with van der Waals surface area (Å²) in [5, 5.41) is 12.9. The Morgan fingerprint density at radius 1 is 1.30 bits per heavy atom. The zero-order valence-corrected chi connectivity index (χ0v) is 19.9. The highest BCUT2D eigenvalue weighted by atomic mass is 32.1. The number of nitrogens with one attached hydrogen (secondary N) is 1. The molecule has 0 saturated heterocycles. The maximum atomic E-state index is 13.1. The van der Waals surface area contributed by atoms with Crippen molar-refractivity contribution in [2.24, 2.45) is 23.2 Å². The molecule has 7 heteroatoms. The number of carbonyl (C=O) groups excluding carboxylic acids is 2. The van der Waals surface area contributed by atoms with Gasteiger partial charge in [0.05, 0.1) is 5.56 Å². The van der Waals surface area contributed by atoms with Gasteiger partial charge in [-0.15, -0.1) is 11.3 Å². The molecule has 2 fully saturated rings. The smallest absolute Gasteiger partial charge is 0.335 e. The van der Waals surface area contributed by atoms with Gasteiger partial charge in [-0.05, 0) is 86.0 Å². The van der Waals surface area contributed by atoms with Crippen LogP contribution in [0.1, 0.15) is 77.7 Å². The van der Waals surface area contributed by atoms with Crippen LogP contribution in [-0.4, -0.2) is 27.8 Å².